The Hall–Kier alpha value is -1.10. The first-order valence-corrected chi connectivity index (χ1v) is 6.30. The van der Waals surface area contributed by atoms with Gasteiger partial charge in [-0.3, -0.25) is 0 Å². The van der Waals surface area contributed by atoms with Crippen molar-refractivity contribution in [1.29, 1.82) is 0 Å². The van der Waals surface area contributed by atoms with Crippen molar-refractivity contribution in [1.82, 2.24) is 0 Å². The van der Waals surface area contributed by atoms with Crippen molar-refractivity contribution in [2.45, 2.75) is 6.61 Å². The van der Waals surface area contributed by atoms with Crippen LogP contribution in [0.1, 0.15) is 5.56 Å². The van der Waals surface area contributed by atoms with E-state index in [4.69, 9.17) is 16.3 Å². The van der Waals surface area contributed by atoms with Crippen molar-refractivity contribution in [3.8, 4) is 11.5 Å². The first kappa shape index (κ1) is 13.3. The third kappa shape index (κ3) is 2.83. The molecule has 0 bridgehead atoms. The highest BCUT2D eigenvalue weighted by molar-refractivity contribution is 9.10. The SMILES string of the molecule is OCc1c(Cl)cccc1Oc1ccc(F)c(Br)c1. The van der Waals surface area contributed by atoms with Crippen LogP contribution in [0.5, 0.6) is 11.5 Å². The summed E-state index contributed by atoms with van der Waals surface area (Å²) in [6.45, 7) is -0.225. The summed E-state index contributed by atoms with van der Waals surface area (Å²) in [4.78, 5) is 0. The van der Waals surface area contributed by atoms with Gasteiger partial charge in [-0.1, -0.05) is 17.7 Å². The summed E-state index contributed by atoms with van der Waals surface area (Å²) >= 11 is 9.02. The Bertz CT molecular complexity index is 575. The molecule has 2 aromatic rings. The summed E-state index contributed by atoms with van der Waals surface area (Å²) < 4.78 is 19.0. The molecule has 0 aliphatic heterocycles. The normalized spacial score (nSPS) is 10.4. The van der Waals surface area contributed by atoms with E-state index >= 15 is 0 Å². The van der Waals surface area contributed by atoms with Gasteiger partial charge in [0.2, 0.25) is 0 Å². The molecule has 2 nitrogen and oxygen atoms in total. The average molecular weight is 332 g/mol. The minimum atomic E-state index is -0.365. The van der Waals surface area contributed by atoms with Crippen LogP contribution < -0.4 is 4.74 Å². The van der Waals surface area contributed by atoms with Crippen molar-refractivity contribution >= 4 is 27.5 Å². The molecule has 0 heterocycles. The maximum absolute atomic E-state index is 13.1. The monoisotopic (exact) mass is 330 g/mol. The van der Waals surface area contributed by atoms with E-state index in [0.29, 0.717) is 26.6 Å². The molecule has 94 valence electrons. The Morgan fingerprint density at radius 1 is 1.28 bits per heavy atom. The molecular formula is C13H9BrClFO2. The van der Waals surface area contributed by atoms with Crippen molar-refractivity contribution in [3.63, 3.8) is 0 Å². The molecule has 0 atom stereocenters. The van der Waals surface area contributed by atoms with E-state index in [1.165, 1.54) is 18.2 Å². The third-order valence-electron chi connectivity index (χ3n) is 2.35. The lowest BCUT2D eigenvalue weighted by Gasteiger charge is -2.11. The Morgan fingerprint density at radius 2 is 2.06 bits per heavy atom. The number of hydrogen-bond donors (Lipinski definition) is 1. The minimum absolute atomic E-state index is 0.225. The van der Waals surface area contributed by atoms with Gasteiger partial charge in [-0.2, -0.15) is 0 Å². The molecule has 0 amide bonds. The van der Waals surface area contributed by atoms with Crippen LogP contribution in [0.25, 0.3) is 0 Å². The largest absolute Gasteiger partial charge is 0.457 e. The van der Waals surface area contributed by atoms with Gasteiger partial charge in [-0.15, -0.1) is 0 Å². The van der Waals surface area contributed by atoms with E-state index in [1.54, 1.807) is 18.2 Å². The van der Waals surface area contributed by atoms with Crippen molar-refractivity contribution in [3.05, 3.63) is 57.3 Å². The Labute approximate surface area is 117 Å². The second-order valence-electron chi connectivity index (χ2n) is 3.55. The predicted molar refractivity (Wildman–Crippen MR) is 71.5 cm³/mol. The molecule has 0 saturated carbocycles. The molecule has 1 N–H and O–H groups in total. The second kappa shape index (κ2) is 5.69. The zero-order valence-electron chi connectivity index (χ0n) is 9.16. The first-order valence-electron chi connectivity index (χ1n) is 5.13. The summed E-state index contributed by atoms with van der Waals surface area (Å²) in [5.74, 6) is 0.541. The van der Waals surface area contributed by atoms with Gasteiger partial charge in [0.15, 0.2) is 0 Å². The van der Waals surface area contributed by atoms with Crippen LogP contribution in [0.15, 0.2) is 40.9 Å². The predicted octanol–water partition coefficient (Wildman–Crippen LogP) is 4.53. The molecule has 18 heavy (non-hydrogen) atoms. The summed E-state index contributed by atoms with van der Waals surface area (Å²) in [5, 5.41) is 9.67. The molecule has 0 aliphatic carbocycles. The van der Waals surface area contributed by atoms with E-state index < -0.39 is 0 Å². The van der Waals surface area contributed by atoms with Gasteiger partial charge in [-0.05, 0) is 46.3 Å². The van der Waals surface area contributed by atoms with Gasteiger partial charge < -0.3 is 9.84 Å². The number of aliphatic hydroxyl groups excluding tert-OH is 1. The molecule has 0 saturated heterocycles. The van der Waals surface area contributed by atoms with Gasteiger partial charge >= 0.3 is 0 Å². The maximum Gasteiger partial charge on any atom is 0.137 e. The Balaban J connectivity index is 2.34. The molecule has 0 radical (unpaired) electrons. The van der Waals surface area contributed by atoms with E-state index in [9.17, 15) is 9.50 Å². The van der Waals surface area contributed by atoms with Gasteiger partial charge in [-0.25, -0.2) is 4.39 Å². The molecule has 0 aliphatic rings. The van der Waals surface area contributed by atoms with Crippen LogP contribution in [0.3, 0.4) is 0 Å². The number of aliphatic hydroxyl groups is 1. The van der Waals surface area contributed by atoms with Crippen LogP contribution in [-0.4, -0.2) is 5.11 Å². The first-order chi connectivity index (χ1) is 8.61. The van der Waals surface area contributed by atoms with Crippen LogP contribution in [0, 0.1) is 5.82 Å². The fraction of sp³-hybridized carbons (Fsp3) is 0.0769. The number of halogens is 3. The topological polar surface area (TPSA) is 29.5 Å². The highest BCUT2D eigenvalue weighted by Crippen LogP contribution is 2.32. The number of ether oxygens (including phenoxy) is 1. The van der Waals surface area contributed by atoms with Crippen molar-refractivity contribution in [2.75, 3.05) is 0 Å². The van der Waals surface area contributed by atoms with Crippen LogP contribution in [0.4, 0.5) is 4.39 Å². The van der Waals surface area contributed by atoms with E-state index in [2.05, 4.69) is 15.9 Å². The highest BCUT2D eigenvalue weighted by atomic mass is 79.9. The Morgan fingerprint density at radius 3 is 2.72 bits per heavy atom. The molecule has 0 fully saturated rings. The molecule has 5 heteroatoms. The van der Waals surface area contributed by atoms with Gasteiger partial charge in [0.25, 0.3) is 0 Å². The second-order valence-corrected chi connectivity index (χ2v) is 4.81. The van der Waals surface area contributed by atoms with Crippen LogP contribution >= 0.6 is 27.5 Å². The van der Waals surface area contributed by atoms with Gasteiger partial charge in [0, 0.05) is 10.6 Å². The lowest BCUT2D eigenvalue weighted by Crippen LogP contribution is -1.93. The quantitative estimate of drug-likeness (QED) is 0.895. The van der Waals surface area contributed by atoms with Crippen LogP contribution in [0.2, 0.25) is 5.02 Å². The molecular weight excluding hydrogens is 322 g/mol. The molecule has 2 rings (SSSR count). The third-order valence-corrected chi connectivity index (χ3v) is 3.31. The fourth-order valence-corrected chi connectivity index (χ4v) is 2.04. The Kier molecular flexibility index (Phi) is 4.22. The molecule has 0 unspecified atom stereocenters. The number of hydrogen-bond acceptors (Lipinski definition) is 2. The molecule has 0 spiro atoms. The average Bonchev–Trinajstić information content (AvgIpc) is 2.34. The lowest BCUT2D eigenvalue weighted by molar-refractivity contribution is 0.276. The summed E-state index contributed by atoms with van der Waals surface area (Å²) in [6.07, 6.45) is 0. The summed E-state index contributed by atoms with van der Waals surface area (Å²) in [6, 6.07) is 9.38. The standard InChI is InChI=1S/C13H9BrClFO2/c14-10-6-8(4-5-12(10)16)18-13-3-1-2-11(15)9(13)7-17/h1-6,17H,7H2. The van der Waals surface area contributed by atoms with Crippen molar-refractivity contribution < 1.29 is 14.2 Å². The zero-order valence-corrected chi connectivity index (χ0v) is 11.5. The van der Waals surface area contributed by atoms with E-state index in [0.717, 1.165) is 0 Å². The van der Waals surface area contributed by atoms with Crippen molar-refractivity contribution in [2.24, 2.45) is 0 Å². The highest BCUT2D eigenvalue weighted by Gasteiger charge is 2.09. The number of benzene rings is 2. The summed E-state index contributed by atoms with van der Waals surface area (Å²) in [7, 11) is 0. The summed E-state index contributed by atoms with van der Waals surface area (Å²) in [5.41, 5.74) is 0.500. The fourth-order valence-electron chi connectivity index (χ4n) is 1.46. The lowest BCUT2D eigenvalue weighted by atomic mass is 10.2. The number of rotatable bonds is 3. The van der Waals surface area contributed by atoms with Gasteiger partial charge in [0.05, 0.1) is 11.1 Å². The maximum atomic E-state index is 13.1. The molecule has 2 aromatic carbocycles. The van der Waals surface area contributed by atoms with Crippen LogP contribution in [-0.2, 0) is 6.61 Å². The zero-order chi connectivity index (χ0) is 13.1. The minimum Gasteiger partial charge on any atom is -0.457 e. The van der Waals surface area contributed by atoms with E-state index in [1.807, 2.05) is 0 Å². The molecule has 0 aromatic heterocycles. The van der Waals surface area contributed by atoms with E-state index in [-0.39, 0.29) is 12.4 Å². The smallest absolute Gasteiger partial charge is 0.137 e. The van der Waals surface area contributed by atoms with Gasteiger partial charge in [0.1, 0.15) is 17.3 Å².